The predicted octanol–water partition coefficient (Wildman–Crippen LogP) is 2.14. The van der Waals surface area contributed by atoms with Gasteiger partial charge in [0, 0.05) is 20.3 Å². The Hall–Kier alpha value is -1.56. The summed E-state index contributed by atoms with van der Waals surface area (Å²) in [5.41, 5.74) is 1.74. The first-order chi connectivity index (χ1) is 6.56. The Morgan fingerprint density at radius 2 is 2.07 bits per heavy atom. The molecular formula is C11H15N3. The van der Waals surface area contributed by atoms with Crippen LogP contribution in [0, 0.1) is 11.3 Å². The first-order valence-corrected chi connectivity index (χ1v) is 4.63. The molecule has 0 N–H and O–H groups in total. The Morgan fingerprint density at radius 3 is 2.50 bits per heavy atom. The molecule has 0 atom stereocenters. The first kappa shape index (κ1) is 10.5. The van der Waals surface area contributed by atoms with E-state index in [4.69, 9.17) is 5.26 Å². The normalized spacial score (nSPS) is 10.0. The monoisotopic (exact) mass is 189 g/mol. The average molecular weight is 189 g/mol. The molecule has 0 aromatic carbocycles. The topological polar surface area (TPSA) is 39.9 Å². The Labute approximate surface area is 85.0 Å². The van der Waals surface area contributed by atoms with Crippen LogP contribution in [0.4, 0.5) is 5.82 Å². The lowest BCUT2D eigenvalue weighted by Crippen LogP contribution is -2.12. The van der Waals surface area contributed by atoms with Crippen molar-refractivity contribution in [3.63, 3.8) is 0 Å². The van der Waals surface area contributed by atoms with Gasteiger partial charge in [-0.25, -0.2) is 4.98 Å². The second kappa shape index (κ2) is 4.10. The first-order valence-electron chi connectivity index (χ1n) is 4.63. The highest BCUT2D eigenvalue weighted by molar-refractivity contribution is 5.53. The lowest BCUT2D eigenvalue weighted by atomic mass is 10.0. The summed E-state index contributed by atoms with van der Waals surface area (Å²) in [4.78, 5) is 6.12. The van der Waals surface area contributed by atoms with E-state index >= 15 is 0 Å². The smallest absolute Gasteiger partial charge is 0.145 e. The van der Waals surface area contributed by atoms with Crippen molar-refractivity contribution in [3.8, 4) is 6.07 Å². The quantitative estimate of drug-likeness (QED) is 0.715. The van der Waals surface area contributed by atoms with Crippen molar-refractivity contribution < 1.29 is 0 Å². The molecule has 1 heterocycles. The second-order valence-corrected chi connectivity index (χ2v) is 3.80. The van der Waals surface area contributed by atoms with Gasteiger partial charge in [-0.05, 0) is 17.5 Å². The van der Waals surface area contributed by atoms with E-state index in [-0.39, 0.29) is 0 Å². The van der Waals surface area contributed by atoms with Gasteiger partial charge in [-0.1, -0.05) is 13.8 Å². The molecule has 0 radical (unpaired) electrons. The summed E-state index contributed by atoms with van der Waals surface area (Å²) in [6, 6.07) is 4.08. The maximum absolute atomic E-state index is 8.96. The van der Waals surface area contributed by atoms with E-state index in [1.165, 1.54) is 0 Å². The molecule has 1 rings (SSSR count). The molecule has 74 valence electrons. The minimum absolute atomic E-state index is 0.408. The highest BCUT2D eigenvalue weighted by atomic mass is 15.1. The maximum atomic E-state index is 8.96. The van der Waals surface area contributed by atoms with E-state index in [1.807, 2.05) is 31.3 Å². The fraction of sp³-hybridized carbons (Fsp3) is 0.455. The van der Waals surface area contributed by atoms with Gasteiger partial charge in [0.25, 0.3) is 0 Å². The molecule has 0 aliphatic heterocycles. The van der Waals surface area contributed by atoms with E-state index in [0.717, 1.165) is 11.4 Å². The number of rotatable bonds is 2. The highest BCUT2D eigenvalue weighted by Crippen LogP contribution is 2.20. The lowest BCUT2D eigenvalue weighted by Gasteiger charge is -2.14. The van der Waals surface area contributed by atoms with Crippen molar-refractivity contribution in [2.75, 3.05) is 19.0 Å². The average Bonchev–Trinajstić information content (AvgIpc) is 2.16. The molecule has 0 amide bonds. The summed E-state index contributed by atoms with van der Waals surface area (Å²) < 4.78 is 0. The van der Waals surface area contributed by atoms with Crippen LogP contribution >= 0.6 is 0 Å². The molecule has 1 aromatic rings. The molecule has 3 nitrogen and oxygen atoms in total. The Morgan fingerprint density at radius 1 is 1.43 bits per heavy atom. The summed E-state index contributed by atoms with van der Waals surface area (Å²) in [7, 11) is 3.77. The van der Waals surface area contributed by atoms with Gasteiger partial charge in [-0.3, -0.25) is 0 Å². The summed E-state index contributed by atoms with van der Waals surface area (Å²) in [6.45, 7) is 4.18. The SMILES string of the molecule is CC(C)c1cnc(N(C)C)c(C#N)c1. The largest absolute Gasteiger partial charge is 0.362 e. The van der Waals surface area contributed by atoms with Crippen molar-refractivity contribution in [1.82, 2.24) is 4.98 Å². The number of nitrogens with zero attached hydrogens (tertiary/aromatic N) is 3. The Kier molecular flexibility index (Phi) is 3.08. The van der Waals surface area contributed by atoms with Gasteiger partial charge in [0.1, 0.15) is 11.9 Å². The van der Waals surface area contributed by atoms with Gasteiger partial charge in [0.2, 0.25) is 0 Å². The number of pyridine rings is 1. The molecule has 0 aliphatic carbocycles. The summed E-state index contributed by atoms with van der Waals surface area (Å²) in [5, 5.41) is 8.96. The minimum Gasteiger partial charge on any atom is -0.362 e. The predicted molar refractivity (Wildman–Crippen MR) is 57.4 cm³/mol. The maximum Gasteiger partial charge on any atom is 0.145 e. The van der Waals surface area contributed by atoms with E-state index < -0.39 is 0 Å². The standard InChI is InChI=1S/C11H15N3/c1-8(2)10-5-9(6-12)11(13-7-10)14(3)4/h5,7-8H,1-4H3. The van der Waals surface area contributed by atoms with Crippen molar-refractivity contribution in [3.05, 3.63) is 23.4 Å². The van der Waals surface area contributed by atoms with Gasteiger partial charge in [-0.15, -0.1) is 0 Å². The molecular weight excluding hydrogens is 174 g/mol. The number of hydrogen-bond donors (Lipinski definition) is 0. The fourth-order valence-electron chi connectivity index (χ4n) is 1.23. The fourth-order valence-corrected chi connectivity index (χ4v) is 1.23. The molecule has 0 aliphatic rings. The Bertz CT molecular complexity index is 361. The van der Waals surface area contributed by atoms with Gasteiger partial charge >= 0.3 is 0 Å². The lowest BCUT2D eigenvalue weighted by molar-refractivity contribution is 0.855. The van der Waals surface area contributed by atoms with Crippen molar-refractivity contribution >= 4 is 5.82 Å². The van der Waals surface area contributed by atoms with E-state index in [2.05, 4.69) is 24.9 Å². The van der Waals surface area contributed by atoms with E-state index in [9.17, 15) is 0 Å². The summed E-state index contributed by atoms with van der Waals surface area (Å²) >= 11 is 0. The molecule has 0 saturated heterocycles. The number of aromatic nitrogens is 1. The van der Waals surface area contributed by atoms with Crippen LogP contribution in [-0.2, 0) is 0 Å². The highest BCUT2D eigenvalue weighted by Gasteiger charge is 2.08. The zero-order chi connectivity index (χ0) is 10.7. The van der Waals surface area contributed by atoms with Gasteiger partial charge < -0.3 is 4.90 Å². The number of hydrogen-bond acceptors (Lipinski definition) is 3. The molecule has 3 heteroatoms. The second-order valence-electron chi connectivity index (χ2n) is 3.80. The molecule has 14 heavy (non-hydrogen) atoms. The van der Waals surface area contributed by atoms with E-state index in [0.29, 0.717) is 11.5 Å². The third-order valence-corrected chi connectivity index (χ3v) is 2.10. The van der Waals surface area contributed by atoms with Crippen LogP contribution in [0.5, 0.6) is 0 Å². The molecule has 0 unspecified atom stereocenters. The molecule has 0 saturated carbocycles. The summed E-state index contributed by atoms with van der Waals surface area (Å²) in [6.07, 6.45) is 1.83. The zero-order valence-corrected chi connectivity index (χ0v) is 9.07. The van der Waals surface area contributed by atoms with Crippen LogP contribution in [-0.4, -0.2) is 19.1 Å². The van der Waals surface area contributed by atoms with Gasteiger partial charge in [-0.2, -0.15) is 5.26 Å². The van der Waals surface area contributed by atoms with Crippen LogP contribution in [0.1, 0.15) is 30.9 Å². The van der Waals surface area contributed by atoms with Crippen LogP contribution in [0.25, 0.3) is 0 Å². The molecule has 1 aromatic heterocycles. The van der Waals surface area contributed by atoms with Crippen LogP contribution in [0.2, 0.25) is 0 Å². The van der Waals surface area contributed by atoms with Crippen LogP contribution in [0.3, 0.4) is 0 Å². The third-order valence-electron chi connectivity index (χ3n) is 2.10. The molecule has 0 bridgehead atoms. The van der Waals surface area contributed by atoms with Crippen LogP contribution < -0.4 is 4.90 Å². The van der Waals surface area contributed by atoms with Gasteiger partial charge in [0.15, 0.2) is 0 Å². The number of nitriles is 1. The molecule has 0 fully saturated rings. The van der Waals surface area contributed by atoms with Crippen molar-refractivity contribution in [1.29, 1.82) is 5.26 Å². The van der Waals surface area contributed by atoms with Crippen molar-refractivity contribution in [2.24, 2.45) is 0 Å². The number of anilines is 1. The Balaban J connectivity index is 3.20. The molecule has 0 spiro atoms. The minimum atomic E-state index is 0.408. The van der Waals surface area contributed by atoms with E-state index in [1.54, 1.807) is 0 Å². The summed E-state index contributed by atoms with van der Waals surface area (Å²) in [5.74, 6) is 1.14. The van der Waals surface area contributed by atoms with Crippen LogP contribution in [0.15, 0.2) is 12.3 Å². The zero-order valence-electron chi connectivity index (χ0n) is 9.07. The van der Waals surface area contributed by atoms with Crippen molar-refractivity contribution in [2.45, 2.75) is 19.8 Å². The van der Waals surface area contributed by atoms with Gasteiger partial charge in [0.05, 0.1) is 5.56 Å². The third kappa shape index (κ3) is 2.02.